The third-order valence-corrected chi connectivity index (χ3v) is 17.9. The monoisotopic (exact) mass is 512 g/mol. The van der Waals surface area contributed by atoms with Crippen molar-refractivity contribution >= 4 is 25.5 Å². The molecule has 2 aromatic rings. The average Bonchev–Trinajstić information content (AvgIpc) is 2.55. The van der Waals surface area contributed by atoms with Crippen molar-refractivity contribution in [2.45, 2.75) is 20.2 Å². The van der Waals surface area contributed by atoms with Gasteiger partial charge in [-0.1, -0.05) is 0 Å². The van der Waals surface area contributed by atoms with Crippen molar-refractivity contribution in [1.29, 1.82) is 0 Å². The number of hydrogen-bond donors (Lipinski definition) is 0. The van der Waals surface area contributed by atoms with Gasteiger partial charge in [0.1, 0.15) is 0 Å². The van der Waals surface area contributed by atoms with Gasteiger partial charge in [0.15, 0.2) is 0 Å². The molecule has 0 radical (unpaired) electrons. The van der Waals surface area contributed by atoms with Crippen LogP contribution in [-0.4, -0.2) is 38.6 Å². The second-order valence-electron chi connectivity index (χ2n) is 5.63. The second-order valence-corrected chi connectivity index (χ2v) is 16.8. The van der Waals surface area contributed by atoms with Gasteiger partial charge in [-0.2, -0.15) is 0 Å². The molecule has 0 amide bonds. The summed E-state index contributed by atoms with van der Waals surface area (Å²) >= 11 is -8.28. The zero-order valence-corrected chi connectivity index (χ0v) is 15.9. The molecule has 0 aromatic heterocycles. The van der Waals surface area contributed by atoms with Crippen LogP contribution in [0.15, 0.2) is 60.7 Å². The number of benzene rings is 2. The van der Waals surface area contributed by atoms with E-state index in [2.05, 4.69) is 0 Å². The van der Waals surface area contributed by atoms with Crippen molar-refractivity contribution in [3.05, 3.63) is 60.7 Å². The van der Waals surface area contributed by atoms with Crippen molar-refractivity contribution in [2.75, 3.05) is 0 Å². The number of alkyl halides is 10. The molecule has 0 aliphatic rings. The van der Waals surface area contributed by atoms with Gasteiger partial charge in [-0.3, -0.25) is 0 Å². The van der Waals surface area contributed by atoms with Crippen molar-refractivity contribution in [1.82, 2.24) is 0 Å². The summed E-state index contributed by atoms with van der Waals surface area (Å²) in [5.74, 6) is 0. The van der Waals surface area contributed by atoms with E-state index in [0.29, 0.717) is 24.3 Å². The molecule has 0 bridgehead atoms. The summed E-state index contributed by atoms with van der Waals surface area (Å²) < 4.78 is 123. The maximum atomic E-state index is 14.6. The Morgan fingerprint density at radius 2 is 0.704 bits per heavy atom. The second kappa shape index (κ2) is 6.85. The first-order valence-electron chi connectivity index (χ1n) is 7.21. The molecule has 0 aliphatic heterocycles. The molecule has 11 heteroatoms. The van der Waals surface area contributed by atoms with Crippen LogP contribution in [0.1, 0.15) is 0 Å². The summed E-state index contributed by atoms with van der Waals surface area (Å²) in [6.07, 6.45) is -13.2. The van der Waals surface area contributed by atoms with Gasteiger partial charge < -0.3 is 0 Å². The molecule has 2 aromatic carbocycles. The molecule has 148 valence electrons. The van der Waals surface area contributed by atoms with E-state index >= 15 is 0 Å². The third-order valence-electron chi connectivity index (χ3n) is 4.07. The Balaban J connectivity index is 3.10. The normalized spacial score (nSPS) is 14.3. The minimum absolute atomic E-state index is 0.475. The van der Waals surface area contributed by atoms with Crippen molar-refractivity contribution < 1.29 is 43.9 Å². The zero-order valence-electron chi connectivity index (χ0n) is 13.1. The number of hydrogen-bond acceptors (Lipinski definition) is 0. The molecule has 27 heavy (non-hydrogen) atoms. The summed E-state index contributed by atoms with van der Waals surface area (Å²) in [6.45, 7) is 0. The van der Waals surface area contributed by atoms with Crippen molar-refractivity contribution in [3.8, 4) is 0 Å². The van der Waals surface area contributed by atoms with Gasteiger partial charge in [0.05, 0.1) is 0 Å². The van der Waals surface area contributed by atoms with E-state index in [1.54, 1.807) is 0 Å². The average molecular weight is 511 g/mol. The fourth-order valence-corrected chi connectivity index (χ4v) is 15.5. The predicted molar refractivity (Wildman–Crippen MR) is 79.9 cm³/mol. The van der Waals surface area contributed by atoms with Crippen LogP contribution in [0.5, 0.6) is 0 Å². The number of rotatable bonds is 4. The molecule has 0 atom stereocenters. The molecular formula is C16H10F10Sn. The standard InChI is InChI=1S/2C6H5.2C2F5.Sn/c2*1-2-4-6-5-3-1;2*3-1(4)2(5,6)7;/h2*1-5H;;;. The molecule has 0 fully saturated rings. The SMILES string of the molecule is FC(F)(F)[C](F)(F)[Sn]([c]1ccccc1)([c]1ccccc1)[C](F)(F)C(F)(F)F. The van der Waals surface area contributed by atoms with Gasteiger partial charge in [0.2, 0.25) is 0 Å². The van der Waals surface area contributed by atoms with Crippen LogP contribution in [0.25, 0.3) is 0 Å². The van der Waals surface area contributed by atoms with Gasteiger partial charge in [0.25, 0.3) is 0 Å². The Bertz CT molecular complexity index is 698. The molecule has 0 spiro atoms. The third kappa shape index (κ3) is 3.19. The van der Waals surface area contributed by atoms with E-state index in [-0.39, 0.29) is 0 Å². The summed E-state index contributed by atoms with van der Waals surface area (Å²) in [5, 5.41) is 0. The van der Waals surface area contributed by atoms with E-state index in [1.165, 1.54) is 0 Å². The molecule has 2 rings (SSSR count). The minimum atomic E-state index is -8.28. The molecule has 0 saturated heterocycles. The molecule has 0 aliphatic carbocycles. The first-order chi connectivity index (χ1) is 12.2. The van der Waals surface area contributed by atoms with Crippen LogP contribution < -0.4 is 7.16 Å². The Labute approximate surface area is 150 Å². The van der Waals surface area contributed by atoms with E-state index in [1.807, 2.05) is 0 Å². The quantitative estimate of drug-likeness (QED) is 0.412. The van der Waals surface area contributed by atoms with E-state index in [0.717, 1.165) is 36.4 Å². The zero-order chi connectivity index (χ0) is 20.7. The van der Waals surface area contributed by atoms with Crippen molar-refractivity contribution in [2.24, 2.45) is 0 Å². The molecular weight excluding hydrogens is 501 g/mol. The van der Waals surface area contributed by atoms with Crippen molar-refractivity contribution in [3.63, 3.8) is 0 Å². The Kier molecular flexibility index (Phi) is 5.54. The fraction of sp³-hybridized carbons (Fsp3) is 0.250. The first kappa shape index (κ1) is 21.8. The summed E-state index contributed by atoms with van der Waals surface area (Å²) in [5.41, 5.74) is 0. The summed E-state index contributed by atoms with van der Waals surface area (Å²) in [6, 6.07) is 7.53. The van der Waals surface area contributed by atoms with Crippen LogP contribution in [0.2, 0.25) is 0 Å². The topological polar surface area (TPSA) is 0 Å². The van der Waals surface area contributed by atoms with Gasteiger partial charge in [-0.15, -0.1) is 0 Å². The van der Waals surface area contributed by atoms with Gasteiger partial charge >= 0.3 is 150 Å². The van der Waals surface area contributed by atoms with Gasteiger partial charge in [0, 0.05) is 0 Å². The van der Waals surface area contributed by atoms with Crippen LogP contribution in [0, 0.1) is 0 Å². The number of halogens is 10. The van der Waals surface area contributed by atoms with Crippen LogP contribution in [-0.2, 0) is 0 Å². The van der Waals surface area contributed by atoms with E-state index < -0.39 is 45.8 Å². The predicted octanol–water partition coefficient (Wildman–Crippen LogP) is 4.72. The first-order valence-corrected chi connectivity index (χ1v) is 12.9. The molecule has 0 unspecified atom stereocenters. The van der Waals surface area contributed by atoms with E-state index in [9.17, 15) is 43.9 Å². The van der Waals surface area contributed by atoms with Crippen LogP contribution >= 0.6 is 0 Å². The van der Waals surface area contributed by atoms with Gasteiger partial charge in [-0.05, 0) is 0 Å². The fourth-order valence-electron chi connectivity index (χ4n) is 2.89. The van der Waals surface area contributed by atoms with Crippen LogP contribution in [0.3, 0.4) is 0 Å². The Morgan fingerprint density at radius 1 is 0.444 bits per heavy atom. The summed E-state index contributed by atoms with van der Waals surface area (Å²) in [4.78, 5) is 0. The van der Waals surface area contributed by atoms with Gasteiger partial charge in [-0.25, -0.2) is 0 Å². The molecule has 0 N–H and O–H groups in total. The summed E-state index contributed by atoms with van der Waals surface area (Å²) in [7, 11) is 0. The Hall–Kier alpha value is -1.46. The van der Waals surface area contributed by atoms with Crippen LogP contribution in [0.4, 0.5) is 43.9 Å². The Morgan fingerprint density at radius 3 is 0.926 bits per heavy atom. The molecule has 0 nitrogen and oxygen atoms in total. The molecule has 0 heterocycles. The molecule has 0 saturated carbocycles. The van der Waals surface area contributed by atoms with E-state index in [4.69, 9.17) is 0 Å². The maximum absolute atomic E-state index is 14.6.